The molecule has 1 aliphatic carbocycles. The SMILES string of the molecule is Cc1c(C(=O)NC(C)(C)CN)oc2c1C(=O)CCC2.Cl. The maximum atomic E-state index is 12.2. The molecule has 2 rings (SSSR count). The van der Waals surface area contributed by atoms with Crippen molar-refractivity contribution in [1.29, 1.82) is 0 Å². The maximum Gasteiger partial charge on any atom is 0.287 e. The number of aryl methyl sites for hydroxylation is 1. The Kier molecular flexibility index (Phi) is 5.00. The smallest absolute Gasteiger partial charge is 0.287 e. The molecule has 1 aromatic heterocycles. The van der Waals surface area contributed by atoms with E-state index in [4.69, 9.17) is 10.2 Å². The first kappa shape index (κ1) is 16.7. The van der Waals surface area contributed by atoms with Crippen molar-refractivity contribution in [3.63, 3.8) is 0 Å². The van der Waals surface area contributed by atoms with Gasteiger partial charge in [-0.05, 0) is 27.2 Å². The summed E-state index contributed by atoms with van der Waals surface area (Å²) in [6.07, 6.45) is 2.03. The second kappa shape index (κ2) is 5.97. The van der Waals surface area contributed by atoms with Crippen molar-refractivity contribution in [2.24, 2.45) is 5.73 Å². The summed E-state index contributed by atoms with van der Waals surface area (Å²) in [6.45, 7) is 5.77. The minimum atomic E-state index is -0.499. The van der Waals surface area contributed by atoms with Crippen molar-refractivity contribution in [2.45, 2.75) is 45.6 Å². The van der Waals surface area contributed by atoms with Crippen LogP contribution in [0.4, 0.5) is 0 Å². The zero-order valence-electron chi connectivity index (χ0n) is 12.0. The van der Waals surface area contributed by atoms with E-state index in [-0.39, 0.29) is 29.9 Å². The van der Waals surface area contributed by atoms with E-state index >= 15 is 0 Å². The number of ketones is 1. The van der Waals surface area contributed by atoms with Gasteiger partial charge in [-0.1, -0.05) is 0 Å². The highest BCUT2D eigenvalue weighted by Crippen LogP contribution is 2.29. The normalized spacial score (nSPS) is 14.5. The summed E-state index contributed by atoms with van der Waals surface area (Å²) in [4.78, 5) is 24.1. The number of fused-ring (bicyclic) bond motifs is 1. The molecule has 0 atom stereocenters. The molecular weight excluding hydrogens is 280 g/mol. The molecule has 0 aliphatic heterocycles. The zero-order valence-corrected chi connectivity index (χ0v) is 12.9. The summed E-state index contributed by atoms with van der Waals surface area (Å²) >= 11 is 0. The van der Waals surface area contributed by atoms with E-state index in [2.05, 4.69) is 5.32 Å². The molecule has 20 heavy (non-hydrogen) atoms. The van der Waals surface area contributed by atoms with Crippen molar-refractivity contribution in [3.8, 4) is 0 Å². The number of carbonyl (C=O) groups excluding carboxylic acids is 2. The molecule has 0 saturated heterocycles. The molecule has 0 bridgehead atoms. The average molecular weight is 301 g/mol. The minimum absolute atomic E-state index is 0. The summed E-state index contributed by atoms with van der Waals surface area (Å²) < 4.78 is 5.59. The third-order valence-corrected chi connectivity index (χ3v) is 3.47. The van der Waals surface area contributed by atoms with Crippen LogP contribution in [0.3, 0.4) is 0 Å². The number of hydrogen-bond acceptors (Lipinski definition) is 4. The number of hydrogen-bond donors (Lipinski definition) is 2. The lowest BCUT2D eigenvalue weighted by atomic mass is 9.94. The van der Waals surface area contributed by atoms with Gasteiger partial charge in [-0.2, -0.15) is 0 Å². The highest BCUT2D eigenvalue weighted by Gasteiger charge is 2.30. The van der Waals surface area contributed by atoms with Crippen LogP contribution in [-0.4, -0.2) is 23.8 Å². The molecule has 0 unspecified atom stereocenters. The van der Waals surface area contributed by atoms with E-state index in [0.29, 0.717) is 29.9 Å². The van der Waals surface area contributed by atoms with Gasteiger partial charge in [0.05, 0.1) is 5.56 Å². The van der Waals surface area contributed by atoms with Crippen LogP contribution in [0.1, 0.15) is 58.9 Å². The second-order valence-electron chi connectivity index (χ2n) is 5.67. The summed E-state index contributed by atoms with van der Waals surface area (Å²) in [5.41, 5.74) is 6.33. The van der Waals surface area contributed by atoms with Gasteiger partial charge in [0, 0.05) is 30.5 Å². The van der Waals surface area contributed by atoms with E-state index < -0.39 is 5.54 Å². The number of carbonyl (C=O) groups is 2. The largest absolute Gasteiger partial charge is 0.455 e. The van der Waals surface area contributed by atoms with Gasteiger partial charge in [0.15, 0.2) is 11.5 Å². The van der Waals surface area contributed by atoms with Gasteiger partial charge in [-0.3, -0.25) is 9.59 Å². The summed E-state index contributed by atoms with van der Waals surface area (Å²) in [6, 6.07) is 0. The zero-order chi connectivity index (χ0) is 14.2. The van der Waals surface area contributed by atoms with E-state index in [1.807, 2.05) is 13.8 Å². The fourth-order valence-electron chi connectivity index (χ4n) is 2.28. The van der Waals surface area contributed by atoms with E-state index in [0.717, 1.165) is 12.8 Å². The van der Waals surface area contributed by atoms with Crippen LogP contribution in [0.15, 0.2) is 4.42 Å². The molecule has 3 N–H and O–H groups in total. The molecule has 1 amide bonds. The third kappa shape index (κ3) is 3.04. The van der Waals surface area contributed by atoms with Gasteiger partial charge in [0.25, 0.3) is 5.91 Å². The summed E-state index contributed by atoms with van der Waals surface area (Å²) in [5, 5.41) is 2.82. The van der Waals surface area contributed by atoms with Crippen molar-refractivity contribution >= 4 is 24.1 Å². The number of rotatable bonds is 3. The van der Waals surface area contributed by atoms with E-state index in [1.165, 1.54) is 0 Å². The van der Waals surface area contributed by atoms with E-state index in [1.54, 1.807) is 6.92 Å². The lowest BCUT2D eigenvalue weighted by Gasteiger charge is -2.23. The molecule has 1 heterocycles. The fourth-order valence-corrected chi connectivity index (χ4v) is 2.28. The van der Waals surface area contributed by atoms with Gasteiger partial charge in [-0.25, -0.2) is 0 Å². The summed E-state index contributed by atoms with van der Waals surface area (Å²) in [5.74, 6) is 0.640. The Balaban J connectivity index is 0.00000200. The van der Waals surface area contributed by atoms with Crippen molar-refractivity contribution < 1.29 is 14.0 Å². The predicted octanol–water partition coefficient (Wildman–Crippen LogP) is 2.00. The standard InChI is InChI=1S/C14H20N2O3.ClH/c1-8-11-9(17)5-4-6-10(11)19-12(8)13(18)16-14(2,3)7-15;/h4-7,15H2,1-3H3,(H,16,18);1H. The first-order chi connectivity index (χ1) is 8.85. The van der Waals surface area contributed by atoms with Crippen LogP contribution in [0, 0.1) is 6.92 Å². The molecule has 0 saturated carbocycles. The van der Waals surface area contributed by atoms with Crippen LogP contribution in [0.5, 0.6) is 0 Å². The molecule has 1 aromatic rings. The number of nitrogens with one attached hydrogen (secondary N) is 1. The van der Waals surface area contributed by atoms with Crippen molar-refractivity contribution in [3.05, 3.63) is 22.6 Å². The number of amides is 1. The second-order valence-corrected chi connectivity index (χ2v) is 5.67. The van der Waals surface area contributed by atoms with Crippen LogP contribution >= 0.6 is 12.4 Å². The lowest BCUT2D eigenvalue weighted by Crippen LogP contribution is -2.48. The van der Waals surface area contributed by atoms with Gasteiger partial charge >= 0.3 is 0 Å². The van der Waals surface area contributed by atoms with Crippen LogP contribution in [-0.2, 0) is 6.42 Å². The first-order valence-corrected chi connectivity index (χ1v) is 6.54. The Hall–Kier alpha value is -1.33. The number of halogens is 1. The molecule has 0 radical (unpaired) electrons. The molecule has 1 aliphatic rings. The monoisotopic (exact) mass is 300 g/mol. The van der Waals surface area contributed by atoms with Crippen LogP contribution in [0.2, 0.25) is 0 Å². The first-order valence-electron chi connectivity index (χ1n) is 6.54. The highest BCUT2D eigenvalue weighted by atomic mass is 35.5. The minimum Gasteiger partial charge on any atom is -0.455 e. The Labute approximate surface area is 124 Å². The lowest BCUT2D eigenvalue weighted by molar-refractivity contribution is 0.0882. The molecule has 5 nitrogen and oxygen atoms in total. The van der Waals surface area contributed by atoms with E-state index in [9.17, 15) is 9.59 Å². The van der Waals surface area contributed by atoms with Gasteiger partial charge in [0.1, 0.15) is 5.76 Å². The van der Waals surface area contributed by atoms with Crippen molar-refractivity contribution in [1.82, 2.24) is 5.32 Å². The Morgan fingerprint density at radius 1 is 1.40 bits per heavy atom. The Bertz CT molecular complexity index is 535. The topological polar surface area (TPSA) is 85.3 Å². The molecule has 0 fully saturated rings. The predicted molar refractivity (Wildman–Crippen MR) is 78.6 cm³/mol. The fraction of sp³-hybridized carbons (Fsp3) is 0.571. The molecule has 0 aromatic carbocycles. The maximum absolute atomic E-state index is 12.2. The van der Waals surface area contributed by atoms with Crippen LogP contribution < -0.4 is 11.1 Å². The van der Waals surface area contributed by atoms with Gasteiger partial charge in [-0.15, -0.1) is 12.4 Å². The quantitative estimate of drug-likeness (QED) is 0.894. The number of furan rings is 1. The Morgan fingerprint density at radius 2 is 2.05 bits per heavy atom. The van der Waals surface area contributed by atoms with Crippen molar-refractivity contribution in [2.75, 3.05) is 6.54 Å². The third-order valence-electron chi connectivity index (χ3n) is 3.47. The number of Topliss-reactive ketones (excluding diaryl/α,β-unsaturated/α-hetero) is 1. The molecule has 6 heteroatoms. The number of nitrogens with two attached hydrogens (primary N) is 1. The van der Waals surface area contributed by atoms with Crippen LogP contribution in [0.25, 0.3) is 0 Å². The van der Waals surface area contributed by atoms with Gasteiger partial charge in [0.2, 0.25) is 0 Å². The molecular formula is C14H21ClN2O3. The summed E-state index contributed by atoms with van der Waals surface area (Å²) in [7, 11) is 0. The molecule has 0 spiro atoms. The average Bonchev–Trinajstić information content (AvgIpc) is 2.68. The Morgan fingerprint density at radius 3 is 2.60 bits per heavy atom. The molecule has 112 valence electrons. The highest BCUT2D eigenvalue weighted by molar-refractivity contribution is 6.03. The van der Waals surface area contributed by atoms with Gasteiger partial charge < -0.3 is 15.5 Å².